The molecule has 1 aromatic rings. The maximum absolute atomic E-state index is 3.27. The highest BCUT2D eigenvalue weighted by Crippen LogP contribution is 2.31. The molecule has 2 heteroatoms. The Labute approximate surface area is 85.2 Å². The Morgan fingerprint density at radius 2 is 2.00 bits per heavy atom. The number of nitrogens with zero attached hydrogens (tertiary/aromatic N) is 1. The van der Waals surface area contributed by atoms with Crippen LogP contribution in [0, 0.1) is 0 Å². The first kappa shape index (κ1) is 9.28. The molecule has 0 amide bonds. The number of hydrogen-bond acceptors (Lipinski definition) is 2. The van der Waals surface area contributed by atoms with Crippen LogP contribution in [0.15, 0.2) is 30.3 Å². The van der Waals surface area contributed by atoms with Gasteiger partial charge in [0.15, 0.2) is 0 Å². The average molecular weight is 188 g/mol. The molecule has 0 aliphatic carbocycles. The van der Waals surface area contributed by atoms with Gasteiger partial charge < -0.3 is 4.90 Å². The predicted octanol–water partition coefficient (Wildman–Crippen LogP) is 2.09. The molecule has 0 bridgehead atoms. The molecule has 0 spiro atoms. The zero-order valence-corrected chi connectivity index (χ0v) is 8.91. The normalized spacial score (nSPS) is 20.4. The van der Waals surface area contributed by atoms with Gasteiger partial charge in [-0.25, -0.2) is 0 Å². The van der Waals surface area contributed by atoms with Crippen LogP contribution in [0.5, 0.6) is 0 Å². The van der Waals surface area contributed by atoms with Gasteiger partial charge in [-0.15, -0.1) is 0 Å². The first-order valence-electron chi connectivity index (χ1n) is 4.92. The summed E-state index contributed by atoms with van der Waals surface area (Å²) in [7, 11) is 4.10. The molecule has 1 heterocycles. The molecule has 1 aliphatic heterocycles. The maximum atomic E-state index is 3.27. The highest BCUT2D eigenvalue weighted by atomic mass is 15.2. The second kappa shape index (κ2) is 3.46. The number of fused-ring (bicyclic) bond motifs is 1. The summed E-state index contributed by atoms with van der Waals surface area (Å²) in [6.45, 7) is 2.16. The van der Waals surface area contributed by atoms with E-state index in [-0.39, 0.29) is 0 Å². The number of nitrogens with one attached hydrogen (secondary N) is 1. The fourth-order valence-corrected chi connectivity index (χ4v) is 1.98. The minimum atomic E-state index is 0.310. The van der Waals surface area contributed by atoms with Crippen LogP contribution in [0.1, 0.15) is 12.5 Å². The van der Waals surface area contributed by atoms with Crippen LogP contribution < -0.4 is 10.2 Å². The molecule has 0 fully saturated rings. The smallest absolute Gasteiger partial charge is 0.0987 e. The molecule has 1 aromatic carbocycles. The lowest BCUT2D eigenvalue weighted by Gasteiger charge is -2.33. The van der Waals surface area contributed by atoms with E-state index in [1.54, 1.807) is 0 Å². The van der Waals surface area contributed by atoms with Gasteiger partial charge in [0.2, 0.25) is 0 Å². The van der Waals surface area contributed by atoms with Gasteiger partial charge in [0.05, 0.1) is 6.17 Å². The van der Waals surface area contributed by atoms with Gasteiger partial charge in [-0.3, -0.25) is 5.32 Å². The summed E-state index contributed by atoms with van der Waals surface area (Å²) >= 11 is 0. The van der Waals surface area contributed by atoms with Crippen LogP contribution in [-0.2, 0) is 0 Å². The zero-order chi connectivity index (χ0) is 10.1. The van der Waals surface area contributed by atoms with Crippen molar-refractivity contribution in [2.75, 3.05) is 19.0 Å². The molecule has 1 unspecified atom stereocenters. The topological polar surface area (TPSA) is 15.3 Å². The monoisotopic (exact) mass is 188 g/mol. The first-order chi connectivity index (χ1) is 6.74. The van der Waals surface area contributed by atoms with Crippen LogP contribution in [0.3, 0.4) is 0 Å². The third-order valence-corrected chi connectivity index (χ3v) is 2.83. The minimum absolute atomic E-state index is 0.310. The summed E-state index contributed by atoms with van der Waals surface area (Å²) in [5, 5.41) is 3.27. The van der Waals surface area contributed by atoms with Gasteiger partial charge in [-0.2, -0.15) is 0 Å². The van der Waals surface area contributed by atoms with Crippen molar-refractivity contribution in [2.45, 2.75) is 13.1 Å². The Kier molecular flexibility index (Phi) is 2.30. The molecular formula is C12H16N2. The molecule has 0 saturated carbocycles. The first-order valence-corrected chi connectivity index (χ1v) is 4.92. The number of benzene rings is 1. The van der Waals surface area contributed by atoms with Crippen molar-refractivity contribution in [2.24, 2.45) is 0 Å². The Hall–Kier alpha value is -1.28. The lowest BCUT2D eigenvalue weighted by atomic mass is 9.99. The molecule has 0 aromatic heterocycles. The third kappa shape index (κ3) is 1.32. The van der Waals surface area contributed by atoms with E-state index < -0.39 is 0 Å². The second-order valence-corrected chi connectivity index (χ2v) is 3.71. The number of anilines is 1. The average Bonchev–Trinajstić information content (AvgIpc) is 2.23. The molecule has 1 atom stereocenters. The van der Waals surface area contributed by atoms with Crippen molar-refractivity contribution in [1.82, 2.24) is 5.32 Å². The molecule has 14 heavy (non-hydrogen) atoms. The van der Waals surface area contributed by atoms with Gasteiger partial charge in [0.1, 0.15) is 0 Å². The highest BCUT2D eigenvalue weighted by Gasteiger charge is 2.19. The van der Waals surface area contributed by atoms with Gasteiger partial charge in [-0.05, 0) is 31.7 Å². The number of allylic oxidation sites excluding steroid dienone is 1. The molecule has 2 rings (SSSR count). The van der Waals surface area contributed by atoms with E-state index in [1.807, 2.05) is 7.05 Å². The summed E-state index contributed by atoms with van der Waals surface area (Å²) in [5.41, 5.74) is 3.98. The SMILES string of the molecule is CNC1C=C(C)c2ccccc2N1C. The van der Waals surface area contributed by atoms with Gasteiger partial charge >= 0.3 is 0 Å². The fraction of sp³-hybridized carbons (Fsp3) is 0.333. The molecule has 1 N–H and O–H groups in total. The van der Waals surface area contributed by atoms with E-state index >= 15 is 0 Å². The molecule has 0 radical (unpaired) electrons. The lowest BCUT2D eigenvalue weighted by Crippen LogP contribution is -2.42. The Bertz CT molecular complexity index is 368. The largest absolute Gasteiger partial charge is 0.355 e. The van der Waals surface area contributed by atoms with Crippen LogP contribution in [0.25, 0.3) is 5.57 Å². The van der Waals surface area contributed by atoms with E-state index in [0.29, 0.717) is 6.17 Å². The van der Waals surface area contributed by atoms with Gasteiger partial charge in [0, 0.05) is 18.3 Å². The Balaban J connectivity index is 2.51. The van der Waals surface area contributed by atoms with Crippen molar-refractivity contribution >= 4 is 11.3 Å². The van der Waals surface area contributed by atoms with E-state index in [0.717, 1.165) is 0 Å². The second-order valence-electron chi connectivity index (χ2n) is 3.71. The van der Waals surface area contributed by atoms with Crippen molar-refractivity contribution in [3.05, 3.63) is 35.9 Å². The fourth-order valence-electron chi connectivity index (χ4n) is 1.98. The quantitative estimate of drug-likeness (QED) is 0.726. The third-order valence-electron chi connectivity index (χ3n) is 2.83. The predicted molar refractivity (Wildman–Crippen MR) is 61.3 cm³/mol. The van der Waals surface area contributed by atoms with Crippen molar-refractivity contribution in [3.8, 4) is 0 Å². The van der Waals surface area contributed by atoms with Crippen LogP contribution in [-0.4, -0.2) is 20.3 Å². The maximum Gasteiger partial charge on any atom is 0.0987 e. The number of likely N-dealkylation sites (N-methyl/N-ethyl adjacent to an activating group) is 2. The summed E-state index contributed by atoms with van der Waals surface area (Å²) in [5.74, 6) is 0. The Morgan fingerprint density at radius 1 is 1.29 bits per heavy atom. The Morgan fingerprint density at radius 3 is 2.71 bits per heavy atom. The van der Waals surface area contributed by atoms with Crippen LogP contribution >= 0.6 is 0 Å². The summed E-state index contributed by atoms with van der Waals surface area (Å²) < 4.78 is 0. The molecule has 2 nitrogen and oxygen atoms in total. The number of para-hydroxylation sites is 1. The van der Waals surface area contributed by atoms with Crippen LogP contribution in [0.4, 0.5) is 5.69 Å². The summed E-state index contributed by atoms with van der Waals surface area (Å²) in [4.78, 5) is 2.25. The molecular weight excluding hydrogens is 172 g/mol. The molecule has 1 aliphatic rings. The standard InChI is InChI=1S/C12H16N2/c1-9-8-12(13-2)14(3)11-7-5-4-6-10(9)11/h4-8,12-13H,1-3H3. The number of rotatable bonds is 1. The van der Waals surface area contributed by atoms with Crippen molar-refractivity contribution < 1.29 is 0 Å². The summed E-state index contributed by atoms with van der Waals surface area (Å²) in [6, 6.07) is 8.50. The van der Waals surface area contributed by atoms with Crippen molar-refractivity contribution in [1.29, 1.82) is 0 Å². The highest BCUT2D eigenvalue weighted by molar-refractivity contribution is 5.79. The van der Waals surface area contributed by atoms with Crippen molar-refractivity contribution in [3.63, 3.8) is 0 Å². The minimum Gasteiger partial charge on any atom is -0.355 e. The molecule has 74 valence electrons. The van der Waals surface area contributed by atoms with Crippen LogP contribution in [0.2, 0.25) is 0 Å². The van der Waals surface area contributed by atoms with E-state index in [2.05, 4.69) is 54.5 Å². The number of hydrogen-bond donors (Lipinski definition) is 1. The van der Waals surface area contributed by atoms with E-state index in [9.17, 15) is 0 Å². The van der Waals surface area contributed by atoms with E-state index in [1.165, 1.54) is 16.8 Å². The lowest BCUT2D eigenvalue weighted by molar-refractivity contribution is 0.648. The van der Waals surface area contributed by atoms with E-state index in [4.69, 9.17) is 0 Å². The summed E-state index contributed by atoms with van der Waals surface area (Å²) in [6.07, 6.45) is 2.56. The van der Waals surface area contributed by atoms with Gasteiger partial charge in [-0.1, -0.05) is 18.2 Å². The van der Waals surface area contributed by atoms with Gasteiger partial charge in [0.25, 0.3) is 0 Å². The zero-order valence-electron chi connectivity index (χ0n) is 8.91. The molecule has 0 saturated heterocycles.